The third-order valence-electron chi connectivity index (χ3n) is 7.88. The van der Waals surface area contributed by atoms with Crippen LogP contribution in [0.4, 0.5) is 4.39 Å². The van der Waals surface area contributed by atoms with Gasteiger partial charge < -0.3 is 23.8 Å². The van der Waals surface area contributed by atoms with Crippen LogP contribution in [-0.2, 0) is 9.53 Å². The van der Waals surface area contributed by atoms with E-state index in [-0.39, 0.29) is 24.2 Å². The highest BCUT2D eigenvalue weighted by atomic mass is 19.1. The summed E-state index contributed by atoms with van der Waals surface area (Å²) >= 11 is 0. The van der Waals surface area contributed by atoms with Crippen molar-refractivity contribution < 1.29 is 32.9 Å². The fraction of sp³-hybridized carbons (Fsp3) is 0.364. The Morgan fingerprint density at radius 3 is 2.27 bits per heavy atom. The maximum absolute atomic E-state index is 14.1. The molecule has 2 aliphatic rings. The van der Waals surface area contributed by atoms with Gasteiger partial charge >= 0.3 is 0 Å². The fourth-order valence-corrected chi connectivity index (χ4v) is 5.38. The molecule has 0 N–H and O–H groups in total. The summed E-state index contributed by atoms with van der Waals surface area (Å²) in [5.74, 6) is 0.810. The molecule has 2 amide bonds. The number of hydrogen-bond acceptors (Lipinski definition) is 8. The molecule has 0 radical (unpaired) electrons. The molecular formula is C33H37FN4O6. The number of amides is 2. The van der Waals surface area contributed by atoms with Crippen molar-refractivity contribution in [2.45, 2.75) is 12.5 Å². The highest BCUT2D eigenvalue weighted by Gasteiger charge is 2.35. The number of carbonyl (C=O) groups excluding carboxylic acids is 2. The van der Waals surface area contributed by atoms with Crippen molar-refractivity contribution >= 4 is 17.5 Å². The molecule has 1 atom stereocenters. The maximum Gasteiger partial charge on any atom is 0.262 e. The molecule has 0 aromatic heterocycles. The first-order valence-corrected chi connectivity index (χ1v) is 14.5. The number of nitrogens with zero attached hydrogens (tertiary/aromatic N) is 4. The maximum atomic E-state index is 14.1. The number of hydrazone groups is 1. The van der Waals surface area contributed by atoms with Crippen LogP contribution in [-0.4, -0.2) is 99.6 Å². The fourth-order valence-electron chi connectivity index (χ4n) is 5.38. The molecule has 11 heteroatoms. The van der Waals surface area contributed by atoms with Crippen molar-refractivity contribution in [2.75, 3.05) is 67.3 Å². The molecule has 0 spiro atoms. The Balaban J connectivity index is 1.44. The van der Waals surface area contributed by atoms with Gasteiger partial charge in [-0.05, 0) is 54.1 Å². The lowest BCUT2D eigenvalue weighted by molar-refractivity contribution is -0.133. The van der Waals surface area contributed by atoms with Crippen molar-refractivity contribution in [2.24, 2.45) is 5.10 Å². The third kappa shape index (κ3) is 7.17. The Bertz CT molecular complexity index is 1470. The lowest BCUT2D eigenvalue weighted by Crippen LogP contribution is -2.46. The van der Waals surface area contributed by atoms with E-state index >= 15 is 0 Å². The van der Waals surface area contributed by atoms with Gasteiger partial charge in [0, 0.05) is 49.8 Å². The molecule has 10 nitrogen and oxygen atoms in total. The van der Waals surface area contributed by atoms with E-state index in [1.807, 2.05) is 6.07 Å². The van der Waals surface area contributed by atoms with E-state index in [0.717, 1.165) is 18.7 Å². The first kappa shape index (κ1) is 31.0. The molecule has 0 aliphatic carbocycles. The van der Waals surface area contributed by atoms with Crippen molar-refractivity contribution in [3.8, 4) is 17.2 Å². The summed E-state index contributed by atoms with van der Waals surface area (Å²) < 4.78 is 35.5. The summed E-state index contributed by atoms with van der Waals surface area (Å²) in [6.07, 6.45) is 0.375. The molecule has 232 valence electrons. The zero-order chi connectivity index (χ0) is 31.1. The van der Waals surface area contributed by atoms with Gasteiger partial charge in [-0.1, -0.05) is 12.1 Å². The van der Waals surface area contributed by atoms with Gasteiger partial charge in [-0.15, -0.1) is 0 Å². The number of benzene rings is 3. The van der Waals surface area contributed by atoms with Crippen LogP contribution in [0.15, 0.2) is 71.8 Å². The molecule has 3 aromatic carbocycles. The zero-order valence-corrected chi connectivity index (χ0v) is 25.2. The molecule has 44 heavy (non-hydrogen) atoms. The van der Waals surface area contributed by atoms with E-state index in [2.05, 4.69) is 4.90 Å². The van der Waals surface area contributed by atoms with Gasteiger partial charge in [0.25, 0.3) is 11.8 Å². The van der Waals surface area contributed by atoms with Crippen molar-refractivity contribution in [1.29, 1.82) is 0 Å². The first-order chi connectivity index (χ1) is 21.4. The van der Waals surface area contributed by atoms with Crippen LogP contribution in [0.2, 0.25) is 0 Å². The molecular weight excluding hydrogens is 567 g/mol. The summed E-state index contributed by atoms with van der Waals surface area (Å²) in [6, 6.07) is 17.8. The SMILES string of the molecule is COc1ccc(C(=O)N(CCN2CCOCC2)CC(=O)N2N=C(c3ccc(OC)cc3OC)CC2c2ccc(F)cc2)cc1. The number of halogens is 1. The standard InChI is InChI=1S/C33H37FN4O6/c1-41-26-10-6-24(7-11-26)33(40)37(15-14-36-16-18-44-19-17-36)22-32(39)38-30(23-4-8-25(34)9-5-23)21-29(35-38)28-13-12-27(42-2)20-31(28)43-3/h4-13,20,30H,14-19,21-22H2,1-3H3. The Hall–Kier alpha value is -4.48. The topological polar surface area (TPSA) is 93.1 Å². The minimum absolute atomic E-state index is 0.191. The van der Waals surface area contributed by atoms with Gasteiger partial charge in [-0.25, -0.2) is 9.40 Å². The third-order valence-corrected chi connectivity index (χ3v) is 7.88. The van der Waals surface area contributed by atoms with Crippen LogP contribution in [0.25, 0.3) is 0 Å². The van der Waals surface area contributed by atoms with Crippen LogP contribution in [0.3, 0.4) is 0 Å². The van der Waals surface area contributed by atoms with Crippen molar-refractivity contribution in [1.82, 2.24) is 14.8 Å². The normalized spacial score (nSPS) is 16.8. The molecule has 1 unspecified atom stereocenters. The summed E-state index contributed by atoms with van der Waals surface area (Å²) in [4.78, 5) is 31.6. The first-order valence-electron chi connectivity index (χ1n) is 14.5. The Kier molecular flexibility index (Phi) is 10.1. The predicted octanol–water partition coefficient (Wildman–Crippen LogP) is 4.00. The average molecular weight is 605 g/mol. The molecule has 3 aromatic rings. The van der Waals surface area contributed by atoms with Gasteiger partial charge in [0.1, 0.15) is 29.6 Å². The zero-order valence-electron chi connectivity index (χ0n) is 25.2. The van der Waals surface area contributed by atoms with E-state index in [4.69, 9.17) is 24.0 Å². The molecule has 1 saturated heterocycles. The second-order valence-electron chi connectivity index (χ2n) is 10.5. The lowest BCUT2D eigenvalue weighted by Gasteiger charge is -2.31. The van der Waals surface area contributed by atoms with Crippen molar-refractivity contribution in [3.63, 3.8) is 0 Å². The Morgan fingerprint density at radius 2 is 1.61 bits per heavy atom. The summed E-state index contributed by atoms with van der Waals surface area (Å²) in [6.45, 7) is 3.52. The number of hydrogen-bond donors (Lipinski definition) is 0. The van der Waals surface area contributed by atoms with Crippen LogP contribution < -0.4 is 14.2 Å². The second-order valence-corrected chi connectivity index (χ2v) is 10.5. The number of methoxy groups -OCH3 is 3. The van der Waals surface area contributed by atoms with Crippen LogP contribution in [0, 0.1) is 5.82 Å². The van der Waals surface area contributed by atoms with E-state index in [1.165, 1.54) is 17.1 Å². The van der Waals surface area contributed by atoms with Crippen LogP contribution in [0.1, 0.15) is 33.9 Å². The molecule has 0 saturated carbocycles. The van der Waals surface area contributed by atoms with E-state index < -0.39 is 6.04 Å². The van der Waals surface area contributed by atoms with Crippen LogP contribution in [0.5, 0.6) is 17.2 Å². The highest BCUT2D eigenvalue weighted by molar-refractivity contribution is 6.05. The summed E-state index contributed by atoms with van der Waals surface area (Å²) in [7, 11) is 4.70. The van der Waals surface area contributed by atoms with Gasteiger partial charge in [0.2, 0.25) is 0 Å². The second kappa shape index (κ2) is 14.3. The highest BCUT2D eigenvalue weighted by Crippen LogP contribution is 2.36. The number of ether oxygens (including phenoxy) is 4. The molecule has 2 aliphatic heterocycles. The minimum Gasteiger partial charge on any atom is -0.497 e. The predicted molar refractivity (Wildman–Crippen MR) is 163 cm³/mol. The van der Waals surface area contributed by atoms with Crippen LogP contribution >= 0.6 is 0 Å². The molecule has 1 fully saturated rings. The minimum atomic E-state index is -0.498. The molecule has 0 bridgehead atoms. The Morgan fingerprint density at radius 1 is 0.932 bits per heavy atom. The number of carbonyl (C=O) groups is 2. The van der Waals surface area contributed by atoms with E-state index in [1.54, 1.807) is 74.8 Å². The monoisotopic (exact) mass is 604 g/mol. The largest absolute Gasteiger partial charge is 0.497 e. The lowest BCUT2D eigenvalue weighted by atomic mass is 9.97. The van der Waals surface area contributed by atoms with Gasteiger partial charge in [-0.3, -0.25) is 14.5 Å². The van der Waals surface area contributed by atoms with Crippen molar-refractivity contribution in [3.05, 3.63) is 89.2 Å². The Labute approximate surface area is 256 Å². The van der Waals surface area contributed by atoms with E-state index in [0.29, 0.717) is 66.8 Å². The van der Waals surface area contributed by atoms with Gasteiger partial charge in [0.15, 0.2) is 0 Å². The quantitative estimate of drug-likeness (QED) is 0.327. The number of morpholine rings is 1. The average Bonchev–Trinajstić information content (AvgIpc) is 3.52. The number of rotatable bonds is 11. The van der Waals surface area contributed by atoms with Gasteiger partial charge in [-0.2, -0.15) is 5.10 Å². The summed E-state index contributed by atoms with van der Waals surface area (Å²) in [5.41, 5.74) is 2.53. The van der Waals surface area contributed by atoms with Gasteiger partial charge in [0.05, 0.1) is 46.3 Å². The molecule has 5 rings (SSSR count). The van der Waals surface area contributed by atoms with E-state index in [9.17, 15) is 14.0 Å². The smallest absolute Gasteiger partial charge is 0.262 e. The molecule has 2 heterocycles. The summed E-state index contributed by atoms with van der Waals surface area (Å²) in [5, 5.41) is 6.18.